The van der Waals surface area contributed by atoms with Crippen LogP contribution in [0.2, 0.25) is 0 Å². The van der Waals surface area contributed by atoms with Crippen molar-refractivity contribution in [1.82, 2.24) is 64.9 Å². The summed E-state index contributed by atoms with van der Waals surface area (Å²) in [7, 11) is 0. The molecule has 0 saturated carbocycles. The third-order valence-corrected chi connectivity index (χ3v) is 21.6. The quantitative estimate of drug-likeness (QED) is 0.0957. The maximum Gasteiger partial charge on any atom is 0.164 e. The lowest BCUT2D eigenvalue weighted by atomic mass is 9.92. The number of para-hydroxylation sites is 2. The lowest BCUT2D eigenvalue weighted by molar-refractivity contribution is 0.766. The zero-order chi connectivity index (χ0) is 78.2. The molecule has 22 rings (SSSR count). The van der Waals surface area contributed by atoms with Gasteiger partial charge in [-0.1, -0.05) is 340 Å². The Hall–Kier alpha value is -16.3. The minimum atomic E-state index is 0.615. The van der Waals surface area contributed by atoms with E-state index in [9.17, 15) is 0 Å². The van der Waals surface area contributed by atoms with Crippen LogP contribution in [0.15, 0.2) is 406 Å². The van der Waals surface area contributed by atoms with Gasteiger partial charge < -0.3 is 0 Å². The predicted molar refractivity (Wildman–Crippen MR) is 478 cm³/mol. The second-order valence-corrected chi connectivity index (χ2v) is 29.0. The highest BCUT2D eigenvalue weighted by atomic mass is 15.5. The second kappa shape index (κ2) is 30.3. The van der Waals surface area contributed by atoms with Gasteiger partial charge in [-0.25, -0.2) is 34.9 Å². The fourth-order valence-electron chi connectivity index (χ4n) is 15.8. The van der Waals surface area contributed by atoms with Gasteiger partial charge in [0.15, 0.2) is 23.3 Å². The van der Waals surface area contributed by atoms with E-state index >= 15 is 0 Å². The van der Waals surface area contributed by atoms with Crippen molar-refractivity contribution in [2.45, 2.75) is 0 Å². The number of pyridine rings is 2. The molecule has 22 aromatic rings. The number of hydrogen-bond acceptors (Lipinski definition) is 11. The van der Waals surface area contributed by atoms with E-state index < -0.39 is 0 Å². The van der Waals surface area contributed by atoms with Crippen LogP contribution in [0.1, 0.15) is 0 Å². The third-order valence-electron chi connectivity index (χ3n) is 21.6. The van der Waals surface area contributed by atoms with Crippen molar-refractivity contribution < 1.29 is 0 Å². The Balaban J connectivity index is 0.000000147. The highest BCUT2D eigenvalue weighted by Gasteiger charge is 2.25. The first-order valence-corrected chi connectivity index (χ1v) is 39.2. The van der Waals surface area contributed by atoms with Crippen LogP contribution in [0.25, 0.3) is 212 Å². The molecule has 0 amide bonds. The van der Waals surface area contributed by atoms with Gasteiger partial charge in [-0.05, 0) is 100 Å². The number of aromatic nitrogens is 13. The molecule has 0 saturated heterocycles. The molecule has 552 valence electrons. The second-order valence-electron chi connectivity index (χ2n) is 29.0. The van der Waals surface area contributed by atoms with E-state index in [0.29, 0.717) is 23.3 Å². The molecule has 13 nitrogen and oxygen atoms in total. The number of nitrogens with zero attached hydrogens (tertiary/aromatic N) is 13. The average molecular weight is 1510 g/mol. The summed E-state index contributed by atoms with van der Waals surface area (Å²) < 4.78 is 0. The van der Waals surface area contributed by atoms with Gasteiger partial charge in [-0.15, -0.1) is 20.4 Å². The summed E-state index contributed by atoms with van der Waals surface area (Å²) in [5, 5.41) is 26.9. The molecule has 0 bridgehead atoms. The molecule has 0 N–H and O–H groups in total. The number of benzene rings is 16. The zero-order valence-electron chi connectivity index (χ0n) is 63.5. The van der Waals surface area contributed by atoms with E-state index in [1.807, 2.05) is 182 Å². The first-order valence-electron chi connectivity index (χ1n) is 39.2. The van der Waals surface area contributed by atoms with Crippen molar-refractivity contribution >= 4 is 65.4 Å². The maximum absolute atomic E-state index is 5.37. The molecule has 0 aliphatic heterocycles. The summed E-state index contributed by atoms with van der Waals surface area (Å²) >= 11 is 0. The van der Waals surface area contributed by atoms with E-state index in [1.54, 1.807) is 9.59 Å². The van der Waals surface area contributed by atoms with E-state index in [4.69, 9.17) is 55.3 Å². The van der Waals surface area contributed by atoms with Gasteiger partial charge in [0.05, 0.1) is 45.2 Å². The van der Waals surface area contributed by atoms with Crippen molar-refractivity contribution in [2.75, 3.05) is 0 Å². The predicted octanol–water partition coefficient (Wildman–Crippen LogP) is 25.2. The minimum Gasteiger partial charge on any atom is -0.247 e. The van der Waals surface area contributed by atoms with Gasteiger partial charge in [-0.2, -0.15) is 9.59 Å². The Kier molecular flexibility index (Phi) is 17.9. The normalized spacial score (nSPS) is 11.4. The summed E-state index contributed by atoms with van der Waals surface area (Å²) in [4.78, 5) is 39.0. The summed E-state index contributed by atoms with van der Waals surface area (Å²) in [5.74, 6) is 2.58. The highest BCUT2D eigenvalue weighted by molar-refractivity contribution is 6.25. The van der Waals surface area contributed by atoms with Crippen molar-refractivity contribution in [3.8, 4) is 146 Å². The van der Waals surface area contributed by atoms with Gasteiger partial charge in [0, 0.05) is 88.0 Å². The lowest BCUT2D eigenvalue weighted by Gasteiger charge is -2.14. The van der Waals surface area contributed by atoms with Gasteiger partial charge in [-0.3, -0.25) is 0 Å². The van der Waals surface area contributed by atoms with Crippen molar-refractivity contribution in [1.29, 1.82) is 0 Å². The summed E-state index contributed by atoms with van der Waals surface area (Å²) in [6.45, 7) is 0. The molecule has 0 radical (unpaired) electrons. The van der Waals surface area contributed by atoms with Crippen molar-refractivity contribution in [2.24, 2.45) is 0 Å². The lowest BCUT2D eigenvalue weighted by Crippen LogP contribution is -2.00. The molecular weight excluding hydrogens is 1440 g/mol. The molecule has 0 aliphatic rings. The minimum absolute atomic E-state index is 0.615. The molecule has 6 aromatic heterocycles. The van der Waals surface area contributed by atoms with Crippen LogP contribution in [0, 0.1) is 0 Å². The first-order chi connectivity index (χ1) is 58.5. The fourth-order valence-corrected chi connectivity index (χ4v) is 15.8. The van der Waals surface area contributed by atoms with E-state index in [2.05, 4.69) is 224 Å². The smallest absolute Gasteiger partial charge is 0.164 e. The molecular formula is C105H67N13. The van der Waals surface area contributed by atoms with Crippen LogP contribution in [0.5, 0.6) is 0 Å². The van der Waals surface area contributed by atoms with Crippen molar-refractivity contribution in [3.63, 3.8) is 0 Å². The van der Waals surface area contributed by atoms with E-state index in [-0.39, 0.29) is 0 Å². The largest absolute Gasteiger partial charge is 0.247 e. The van der Waals surface area contributed by atoms with Crippen LogP contribution in [-0.2, 0) is 0 Å². The topological polar surface area (TPSA) is 152 Å². The zero-order valence-corrected chi connectivity index (χ0v) is 63.5. The van der Waals surface area contributed by atoms with Crippen LogP contribution >= 0.6 is 0 Å². The number of fused-ring (bicyclic) bond motifs is 10. The Morgan fingerprint density at radius 1 is 0.169 bits per heavy atom. The first kappa shape index (κ1) is 69.7. The monoisotopic (exact) mass is 1510 g/mol. The van der Waals surface area contributed by atoms with Crippen LogP contribution in [0.3, 0.4) is 0 Å². The highest BCUT2D eigenvalue weighted by Crippen LogP contribution is 2.45. The molecule has 0 fully saturated rings. The molecule has 6 heterocycles. The SMILES string of the molecule is c1ccc(-c2cc(-c3ccc(-c4ccc5nc(-c6ccccc6)c6cc(-c7ccccc7)c7nn(-c8ccccc8)nc7c6c5c4)cc3)nc(-c3ccccc3)n2)cc1.c1ccc(-c2nc(-c3ccccc3)nc(-c3ccc(-c4ccc5nc(-c6ccccc6)c6cc(-c7ccccc7)c7nn(-c8ccccc8)nc7c6c5c4)cc3)n2)cc1. The Bertz CT molecular complexity index is 6890. The van der Waals surface area contributed by atoms with Gasteiger partial charge >= 0.3 is 0 Å². The standard InChI is InChI=1S/C53H34N6.C52H33N7/c1-6-16-36(17-7-1)43-33-45-49(52-51(43)57-59(58-52)42-24-14-5-15-25-42)44-32-41(30-31-46(44)54-50(45)39-20-10-3-11-21-39)35-26-28-38(29-27-35)48-34-47(37-18-8-2-9-19-37)55-53(56-48)40-22-12-4-13-23-40;1-6-16-35(17-7-1)42-33-44-46(49-48(42)57-59(58-49)41-24-14-5-15-25-41)43-32-40(30-31-45(43)53-47(44)36-18-8-2-9-19-36)34-26-28-39(29-27-34)52-55-50(37-20-10-3-11-21-37)54-51(56-52)38-22-12-4-13-23-38/h1-34H;1-33H. The summed E-state index contributed by atoms with van der Waals surface area (Å²) in [6, 6.07) is 139. The molecule has 0 aliphatic carbocycles. The maximum atomic E-state index is 5.37. The van der Waals surface area contributed by atoms with Gasteiger partial charge in [0.25, 0.3) is 0 Å². The molecule has 13 heteroatoms. The Labute approximate surface area is 679 Å². The van der Waals surface area contributed by atoms with Crippen LogP contribution in [-0.4, -0.2) is 64.9 Å². The fraction of sp³-hybridized carbons (Fsp3) is 0. The van der Waals surface area contributed by atoms with Gasteiger partial charge in [0.1, 0.15) is 22.1 Å². The van der Waals surface area contributed by atoms with Crippen LogP contribution < -0.4 is 0 Å². The Morgan fingerprint density at radius 2 is 0.432 bits per heavy atom. The molecule has 0 atom stereocenters. The van der Waals surface area contributed by atoms with Crippen LogP contribution in [0.4, 0.5) is 0 Å². The van der Waals surface area contributed by atoms with E-state index in [0.717, 1.165) is 189 Å². The molecule has 118 heavy (non-hydrogen) atoms. The number of hydrogen-bond donors (Lipinski definition) is 0. The van der Waals surface area contributed by atoms with E-state index in [1.165, 1.54) is 0 Å². The van der Waals surface area contributed by atoms with Gasteiger partial charge in [0.2, 0.25) is 0 Å². The Morgan fingerprint density at radius 3 is 0.788 bits per heavy atom. The average Bonchev–Trinajstić information content (AvgIpc) is 1.36. The third kappa shape index (κ3) is 13.4. The molecule has 0 unspecified atom stereocenters. The van der Waals surface area contributed by atoms with Crippen molar-refractivity contribution in [3.05, 3.63) is 406 Å². The summed E-state index contributed by atoms with van der Waals surface area (Å²) in [5.41, 5.74) is 26.8. The molecule has 16 aromatic carbocycles. The number of rotatable bonds is 14. The molecule has 0 spiro atoms. The summed E-state index contributed by atoms with van der Waals surface area (Å²) in [6.07, 6.45) is 0.